The Morgan fingerprint density at radius 1 is 0.793 bits per heavy atom. The molecule has 1 aliphatic heterocycles. The Morgan fingerprint density at radius 2 is 1.34 bits per heavy atom. The largest absolute Gasteiger partial charge is 0.274 e. The van der Waals surface area contributed by atoms with Crippen molar-refractivity contribution in [3.8, 4) is 0 Å². The van der Waals surface area contributed by atoms with Gasteiger partial charge in [0, 0.05) is 5.92 Å². The summed E-state index contributed by atoms with van der Waals surface area (Å²) >= 11 is 4.02. The number of alkyl halides is 1. The van der Waals surface area contributed by atoms with Crippen LogP contribution in [0.3, 0.4) is 0 Å². The van der Waals surface area contributed by atoms with E-state index >= 15 is 0 Å². The zero-order chi connectivity index (χ0) is 19.9. The molecule has 0 unspecified atom stereocenters. The number of carbonyl (C=O) groups is 2. The molecule has 2 amide bonds. The lowest BCUT2D eigenvalue weighted by Crippen LogP contribution is -2.50. The summed E-state index contributed by atoms with van der Waals surface area (Å²) < 4.78 is -0.689. The van der Waals surface area contributed by atoms with Crippen LogP contribution < -0.4 is 4.90 Å². The van der Waals surface area contributed by atoms with Crippen LogP contribution >= 0.6 is 15.9 Å². The van der Waals surface area contributed by atoms with Gasteiger partial charge < -0.3 is 0 Å². The molecule has 7 rings (SSSR count). The zero-order valence-corrected chi connectivity index (χ0v) is 17.4. The molecule has 0 N–H and O–H groups in total. The van der Waals surface area contributed by atoms with Crippen molar-refractivity contribution < 1.29 is 9.59 Å². The third kappa shape index (κ3) is 1.98. The Bertz CT molecular complexity index is 1150. The molecule has 3 aromatic rings. The summed E-state index contributed by atoms with van der Waals surface area (Å²) in [6.07, 6.45) is 0. The number of rotatable bonds is 1. The van der Waals surface area contributed by atoms with Gasteiger partial charge in [0.2, 0.25) is 11.8 Å². The van der Waals surface area contributed by atoms with E-state index < -0.39 is 16.2 Å². The Morgan fingerprint density at radius 3 is 1.93 bits per heavy atom. The predicted molar refractivity (Wildman–Crippen MR) is 115 cm³/mol. The molecule has 3 nitrogen and oxygen atoms in total. The Kier molecular flexibility index (Phi) is 3.35. The summed E-state index contributed by atoms with van der Waals surface area (Å²) in [6.45, 7) is 2.00. The first-order valence-corrected chi connectivity index (χ1v) is 10.6. The normalized spacial score (nSPS) is 28.9. The molecule has 1 fully saturated rings. The fraction of sp³-hybridized carbons (Fsp3) is 0.200. The van der Waals surface area contributed by atoms with E-state index in [4.69, 9.17) is 0 Å². The van der Waals surface area contributed by atoms with Crippen molar-refractivity contribution >= 4 is 33.4 Å². The van der Waals surface area contributed by atoms with Gasteiger partial charge in [0.05, 0.1) is 21.8 Å². The van der Waals surface area contributed by atoms with Crippen LogP contribution in [0.15, 0.2) is 72.8 Å². The first-order chi connectivity index (χ1) is 14.0. The van der Waals surface area contributed by atoms with Crippen LogP contribution in [-0.4, -0.2) is 11.8 Å². The van der Waals surface area contributed by atoms with Crippen LogP contribution in [0.1, 0.15) is 33.7 Å². The van der Waals surface area contributed by atoms with Gasteiger partial charge in [-0.3, -0.25) is 9.59 Å². The topological polar surface area (TPSA) is 37.4 Å². The molecular weight excluding hydrogens is 426 g/mol. The van der Waals surface area contributed by atoms with Gasteiger partial charge in [-0.2, -0.15) is 0 Å². The number of hydrogen-bond acceptors (Lipinski definition) is 2. The van der Waals surface area contributed by atoms with E-state index in [1.807, 2.05) is 55.5 Å². The number of anilines is 1. The van der Waals surface area contributed by atoms with Gasteiger partial charge >= 0.3 is 0 Å². The minimum absolute atomic E-state index is 0.0957. The lowest BCUT2D eigenvalue weighted by atomic mass is 9.55. The van der Waals surface area contributed by atoms with Crippen molar-refractivity contribution in [3.05, 3.63) is 101 Å². The highest BCUT2D eigenvalue weighted by Crippen LogP contribution is 2.66. The third-order valence-corrected chi connectivity index (χ3v) is 8.15. The summed E-state index contributed by atoms with van der Waals surface area (Å²) in [5.41, 5.74) is 6.27. The van der Waals surface area contributed by atoms with Gasteiger partial charge in [-0.1, -0.05) is 82.2 Å². The van der Waals surface area contributed by atoms with Crippen molar-refractivity contribution in [1.29, 1.82) is 0 Å². The molecule has 0 spiro atoms. The highest BCUT2D eigenvalue weighted by atomic mass is 79.9. The van der Waals surface area contributed by atoms with E-state index in [-0.39, 0.29) is 17.7 Å². The highest BCUT2D eigenvalue weighted by Gasteiger charge is 2.67. The number of halogens is 1. The van der Waals surface area contributed by atoms with E-state index in [2.05, 4.69) is 40.2 Å². The van der Waals surface area contributed by atoms with Crippen molar-refractivity contribution in [1.82, 2.24) is 0 Å². The maximum absolute atomic E-state index is 13.7. The van der Waals surface area contributed by atoms with E-state index in [0.717, 1.165) is 27.8 Å². The number of carbonyl (C=O) groups excluding carboxylic acids is 2. The summed E-state index contributed by atoms with van der Waals surface area (Å²) in [4.78, 5) is 28.8. The second-order valence-electron chi connectivity index (χ2n) is 8.21. The molecule has 0 aromatic heterocycles. The highest BCUT2D eigenvalue weighted by molar-refractivity contribution is 9.09. The van der Waals surface area contributed by atoms with E-state index in [9.17, 15) is 9.59 Å². The summed E-state index contributed by atoms with van der Waals surface area (Å²) in [7, 11) is 0. The van der Waals surface area contributed by atoms with Crippen LogP contribution in [0.2, 0.25) is 0 Å². The number of imide groups is 1. The molecule has 1 saturated heterocycles. The smallest absolute Gasteiger partial charge is 0.239 e. The minimum atomic E-state index is -0.689. The lowest BCUT2D eigenvalue weighted by molar-refractivity contribution is -0.122. The fourth-order valence-electron chi connectivity index (χ4n) is 5.63. The predicted octanol–water partition coefficient (Wildman–Crippen LogP) is 4.90. The van der Waals surface area contributed by atoms with Gasteiger partial charge in [0.25, 0.3) is 0 Å². The van der Waals surface area contributed by atoms with Gasteiger partial charge in [-0.15, -0.1) is 0 Å². The number of nitrogens with zero attached hydrogens (tertiary/aromatic N) is 1. The molecular formula is C25H18BrNO2. The second-order valence-corrected chi connectivity index (χ2v) is 9.47. The van der Waals surface area contributed by atoms with E-state index in [1.165, 1.54) is 4.90 Å². The van der Waals surface area contributed by atoms with E-state index in [0.29, 0.717) is 5.69 Å². The monoisotopic (exact) mass is 443 g/mol. The molecule has 2 bridgehead atoms. The molecule has 3 aromatic carbocycles. The van der Waals surface area contributed by atoms with Crippen molar-refractivity contribution in [2.75, 3.05) is 4.90 Å². The van der Waals surface area contributed by atoms with Gasteiger partial charge in [0.15, 0.2) is 0 Å². The van der Waals surface area contributed by atoms with Gasteiger partial charge in [-0.25, -0.2) is 4.90 Å². The summed E-state index contributed by atoms with van der Waals surface area (Å²) in [5, 5.41) is 0. The molecule has 2 atom stereocenters. The Balaban J connectivity index is 1.61. The first-order valence-electron chi connectivity index (χ1n) is 9.85. The van der Waals surface area contributed by atoms with Gasteiger partial charge in [0.1, 0.15) is 0 Å². The minimum Gasteiger partial charge on any atom is -0.274 e. The number of amides is 2. The van der Waals surface area contributed by atoms with Crippen LogP contribution in [-0.2, 0) is 13.9 Å². The quantitative estimate of drug-likeness (QED) is 0.396. The van der Waals surface area contributed by atoms with Crippen LogP contribution in [0, 0.1) is 18.8 Å². The maximum Gasteiger partial charge on any atom is 0.239 e. The average Bonchev–Trinajstić information content (AvgIpc) is 3.01. The van der Waals surface area contributed by atoms with Crippen LogP contribution in [0.4, 0.5) is 5.69 Å². The Hall–Kier alpha value is -2.72. The lowest BCUT2D eigenvalue weighted by Gasteiger charge is -2.51. The van der Waals surface area contributed by atoms with Crippen LogP contribution in [0.5, 0.6) is 0 Å². The van der Waals surface area contributed by atoms with Crippen molar-refractivity contribution in [3.63, 3.8) is 0 Å². The molecule has 0 radical (unpaired) electrons. The Labute approximate surface area is 177 Å². The third-order valence-electron chi connectivity index (χ3n) is 6.81. The van der Waals surface area contributed by atoms with E-state index in [1.54, 1.807) is 0 Å². The van der Waals surface area contributed by atoms with Crippen molar-refractivity contribution in [2.24, 2.45) is 11.8 Å². The number of hydrogen-bond donors (Lipinski definition) is 0. The molecule has 29 heavy (non-hydrogen) atoms. The van der Waals surface area contributed by atoms with Gasteiger partial charge in [-0.05, 0) is 41.3 Å². The molecule has 0 saturated carbocycles. The standard InChI is InChI=1S/C25H18BrNO2/c1-14-10-12-15(13-11-14)27-23(28)21-20-16-6-2-4-8-18(16)25(26,22(21)24(27)29)19-9-5-3-7-17(19)20/h2-13,20-22H,1H3/t20?,21-,22-,25?/m1/s1. The molecule has 1 heterocycles. The molecule has 4 heteroatoms. The second kappa shape index (κ2) is 5.67. The maximum atomic E-state index is 13.7. The van der Waals surface area contributed by atoms with Crippen LogP contribution in [0.25, 0.3) is 0 Å². The molecule has 3 aliphatic carbocycles. The van der Waals surface area contributed by atoms with Crippen molar-refractivity contribution in [2.45, 2.75) is 17.2 Å². The molecule has 4 aliphatic rings. The summed E-state index contributed by atoms with van der Waals surface area (Å²) in [6, 6.07) is 24.1. The SMILES string of the molecule is Cc1ccc(N2C(=O)[C@@H]3C4c5ccccc5C(Br)(c5ccccc54)[C@H]3C2=O)cc1. The average molecular weight is 444 g/mol. The number of aryl methyl sites for hydroxylation is 1. The first kappa shape index (κ1) is 17.2. The molecule has 142 valence electrons. The summed E-state index contributed by atoms with van der Waals surface area (Å²) in [5.74, 6) is -1.16. The zero-order valence-electron chi connectivity index (χ0n) is 15.8. The number of benzene rings is 3. The fourth-order valence-corrected chi connectivity index (χ4v) is 6.83.